The lowest BCUT2D eigenvalue weighted by Crippen LogP contribution is -2.40. The van der Waals surface area contributed by atoms with Gasteiger partial charge in [0.1, 0.15) is 0 Å². The Kier molecular flexibility index (Phi) is 8.10. The Morgan fingerprint density at radius 1 is 1.20 bits per heavy atom. The van der Waals surface area contributed by atoms with Gasteiger partial charge < -0.3 is 10.6 Å². The third kappa shape index (κ3) is 8.78. The summed E-state index contributed by atoms with van der Waals surface area (Å²) in [6.07, 6.45) is 5.86. The Balaban J connectivity index is 3.45. The Morgan fingerprint density at radius 2 is 1.87 bits per heavy atom. The van der Waals surface area contributed by atoms with Crippen molar-refractivity contribution in [3.05, 3.63) is 0 Å². The molecule has 0 spiro atoms. The van der Waals surface area contributed by atoms with E-state index in [0.29, 0.717) is 13.1 Å². The topological polar surface area (TPSA) is 70.2 Å². The maximum Gasteiger partial charge on any atom is 0.239 e. The van der Waals surface area contributed by atoms with Gasteiger partial charge in [-0.25, -0.2) is 0 Å². The third-order valence-corrected chi connectivity index (χ3v) is 1.53. The van der Waals surface area contributed by atoms with Crippen LogP contribution in [0.2, 0.25) is 0 Å². The summed E-state index contributed by atoms with van der Waals surface area (Å²) >= 11 is 0. The first-order valence-corrected chi connectivity index (χ1v) is 4.88. The summed E-state index contributed by atoms with van der Waals surface area (Å²) in [6.45, 7) is 3.07. The fraction of sp³-hybridized carbons (Fsp3) is 0.600. The highest BCUT2D eigenvalue weighted by Crippen LogP contribution is 1.71. The van der Waals surface area contributed by atoms with Gasteiger partial charge in [0.05, 0.1) is 19.6 Å². The molecule has 0 radical (unpaired) electrons. The van der Waals surface area contributed by atoms with Gasteiger partial charge in [-0.2, -0.15) is 0 Å². The van der Waals surface area contributed by atoms with Gasteiger partial charge in [0.15, 0.2) is 0 Å². The van der Waals surface area contributed by atoms with Gasteiger partial charge in [-0.3, -0.25) is 14.9 Å². The summed E-state index contributed by atoms with van der Waals surface area (Å²) in [4.78, 5) is 22.1. The highest BCUT2D eigenvalue weighted by atomic mass is 16.2. The molecule has 5 nitrogen and oxygen atoms in total. The van der Waals surface area contributed by atoms with Crippen molar-refractivity contribution in [3.63, 3.8) is 0 Å². The fourth-order valence-electron chi connectivity index (χ4n) is 0.816. The molecule has 0 rings (SSSR count). The van der Waals surface area contributed by atoms with Crippen LogP contribution in [-0.4, -0.2) is 38.0 Å². The van der Waals surface area contributed by atoms with Crippen molar-refractivity contribution in [2.24, 2.45) is 0 Å². The maximum absolute atomic E-state index is 11.1. The third-order valence-electron chi connectivity index (χ3n) is 1.53. The number of hydrogen-bond donors (Lipinski definition) is 3. The predicted octanol–water partition coefficient (Wildman–Crippen LogP) is -1.15. The van der Waals surface area contributed by atoms with Crippen molar-refractivity contribution < 1.29 is 9.59 Å². The second-order valence-electron chi connectivity index (χ2n) is 2.93. The number of carbonyl (C=O) groups is 2. The summed E-state index contributed by atoms with van der Waals surface area (Å²) in [5, 5.41) is 7.84. The Bertz CT molecular complexity index is 246. The molecule has 3 N–H and O–H groups in total. The average molecular weight is 211 g/mol. The number of amides is 2. The minimum atomic E-state index is -0.239. The number of hydrogen-bond acceptors (Lipinski definition) is 3. The molecule has 0 heterocycles. The summed E-state index contributed by atoms with van der Waals surface area (Å²) in [5.74, 6) is 1.93. The molecule has 0 aromatic heterocycles. The molecule has 84 valence electrons. The molecule has 0 bridgehead atoms. The summed E-state index contributed by atoms with van der Waals surface area (Å²) in [5.41, 5.74) is 0. The van der Waals surface area contributed by atoms with E-state index in [1.165, 1.54) is 0 Å². The largest absolute Gasteiger partial charge is 0.355 e. The van der Waals surface area contributed by atoms with Crippen molar-refractivity contribution in [1.29, 1.82) is 0 Å². The van der Waals surface area contributed by atoms with Crippen LogP contribution in [0.5, 0.6) is 0 Å². The minimum absolute atomic E-state index is 0.0105. The van der Waals surface area contributed by atoms with E-state index >= 15 is 0 Å². The molecule has 0 aromatic rings. The molecule has 0 aliphatic carbocycles. The van der Waals surface area contributed by atoms with Crippen LogP contribution in [0.4, 0.5) is 0 Å². The van der Waals surface area contributed by atoms with E-state index in [1.807, 2.05) is 6.92 Å². The van der Waals surface area contributed by atoms with Crippen molar-refractivity contribution in [1.82, 2.24) is 16.0 Å². The summed E-state index contributed by atoms with van der Waals surface area (Å²) < 4.78 is 0. The van der Waals surface area contributed by atoms with Crippen LogP contribution in [0.25, 0.3) is 0 Å². The fourth-order valence-corrected chi connectivity index (χ4v) is 0.816. The minimum Gasteiger partial charge on any atom is -0.355 e. The normalized spacial score (nSPS) is 9.07. The lowest BCUT2D eigenvalue weighted by Gasteiger charge is -2.05. The maximum atomic E-state index is 11.1. The van der Waals surface area contributed by atoms with Crippen molar-refractivity contribution in [2.45, 2.75) is 13.3 Å². The first-order valence-electron chi connectivity index (χ1n) is 4.88. The summed E-state index contributed by atoms with van der Waals surface area (Å²) in [6, 6.07) is 0. The van der Waals surface area contributed by atoms with Gasteiger partial charge in [-0.15, -0.1) is 6.42 Å². The van der Waals surface area contributed by atoms with Gasteiger partial charge in [-0.1, -0.05) is 12.8 Å². The van der Waals surface area contributed by atoms with Crippen LogP contribution < -0.4 is 16.0 Å². The van der Waals surface area contributed by atoms with Crippen molar-refractivity contribution in [3.8, 4) is 12.3 Å². The highest BCUT2D eigenvalue weighted by Gasteiger charge is 2.03. The van der Waals surface area contributed by atoms with E-state index in [-0.39, 0.29) is 24.9 Å². The molecule has 5 heteroatoms. The van der Waals surface area contributed by atoms with E-state index in [0.717, 1.165) is 6.42 Å². The van der Waals surface area contributed by atoms with Crippen LogP contribution in [0.1, 0.15) is 13.3 Å². The molecule has 0 fully saturated rings. The van der Waals surface area contributed by atoms with Crippen molar-refractivity contribution in [2.75, 3.05) is 26.2 Å². The van der Waals surface area contributed by atoms with Gasteiger partial charge in [0.25, 0.3) is 0 Å². The van der Waals surface area contributed by atoms with Crippen LogP contribution in [0, 0.1) is 12.3 Å². The lowest BCUT2D eigenvalue weighted by atomic mass is 10.4. The molecule has 0 unspecified atom stereocenters. The molecule has 0 atom stereocenters. The average Bonchev–Trinajstić information content (AvgIpc) is 2.24. The molecule has 15 heavy (non-hydrogen) atoms. The second kappa shape index (κ2) is 9.03. The molecule has 2 amide bonds. The SMILES string of the molecule is C#CCNCC(=O)NCC(=O)NCCC. The lowest BCUT2D eigenvalue weighted by molar-refractivity contribution is -0.125. The van der Waals surface area contributed by atoms with Gasteiger partial charge in [0.2, 0.25) is 11.8 Å². The van der Waals surface area contributed by atoms with Crippen LogP contribution in [-0.2, 0) is 9.59 Å². The molecule has 0 aromatic carbocycles. The number of rotatable bonds is 7. The zero-order valence-electron chi connectivity index (χ0n) is 8.93. The molecular formula is C10H17N3O2. The number of carbonyl (C=O) groups excluding carboxylic acids is 2. The molecular weight excluding hydrogens is 194 g/mol. The van der Waals surface area contributed by atoms with Crippen LogP contribution in [0.15, 0.2) is 0 Å². The van der Waals surface area contributed by atoms with E-state index < -0.39 is 0 Å². The molecule has 0 saturated carbocycles. The standard InChI is InChI=1S/C10H17N3O2/c1-3-5-11-7-9(14)13-8-10(15)12-6-4-2/h1,11H,4-8H2,2H3,(H,12,15)(H,13,14). The van der Waals surface area contributed by atoms with E-state index in [2.05, 4.69) is 21.9 Å². The zero-order chi connectivity index (χ0) is 11.5. The van der Waals surface area contributed by atoms with Gasteiger partial charge in [-0.05, 0) is 6.42 Å². The van der Waals surface area contributed by atoms with E-state index in [9.17, 15) is 9.59 Å². The van der Waals surface area contributed by atoms with Crippen LogP contribution >= 0.6 is 0 Å². The van der Waals surface area contributed by atoms with Crippen molar-refractivity contribution >= 4 is 11.8 Å². The number of terminal acetylenes is 1. The summed E-state index contributed by atoms with van der Waals surface area (Å²) in [7, 11) is 0. The zero-order valence-corrected chi connectivity index (χ0v) is 8.93. The quantitative estimate of drug-likeness (QED) is 0.368. The molecule has 0 aliphatic heterocycles. The Labute approximate surface area is 90.0 Å². The van der Waals surface area contributed by atoms with E-state index in [1.54, 1.807) is 0 Å². The second-order valence-corrected chi connectivity index (χ2v) is 2.93. The highest BCUT2D eigenvalue weighted by molar-refractivity contribution is 5.85. The monoisotopic (exact) mass is 211 g/mol. The molecule has 0 saturated heterocycles. The number of nitrogens with one attached hydrogen (secondary N) is 3. The molecule has 0 aliphatic rings. The van der Waals surface area contributed by atoms with Gasteiger partial charge >= 0.3 is 0 Å². The van der Waals surface area contributed by atoms with E-state index in [4.69, 9.17) is 6.42 Å². The van der Waals surface area contributed by atoms with Gasteiger partial charge in [0, 0.05) is 6.54 Å². The smallest absolute Gasteiger partial charge is 0.239 e. The van der Waals surface area contributed by atoms with Crippen LogP contribution in [0.3, 0.4) is 0 Å². The Hall–Kier alpha value is -1.54. The first kappa shape index (κ1) is 13.5. The first-order chi connectivity index (χ1) is 7.20. The predicted molar refractivity (Wildman–Crippen MR) is 58.0 cm³/mol. The Morgan fingerprint density at radius 3 is 2.47 bits per heavy atom.